The second-order valence-corrected chi connectivity index (χ2v) is 9.83. The van der Waals surface area contributed by atoms with Crippen molar-refractivity contribution < 1.29 is 13.2 Å². The number of nitrogens with two attached hydrogens (primary N) is 1. The van der Waals surface area contributed by atoms with Crippen molar-refractivity contribution in [2.24, 2.45) is 5.14 Å². The van der Waals surface area contributed by atoms with Gasteiger partial charge in [0.25, 0.3) is 0 Å². The molecule has 1 amide bonds. The number of nitrogens with one attached hydrogen (secondary N) is 1. The number of allylic oxidation sites excluding steroid dienone is 1. The van der Waals surface area contributed by atoms with Gasteiger partial charge in [0.1, 0.15) is 5.82 Å². The maximum Gasteiger partial charge on any atom is 0.238 e. The van der Waals surface area contributed by atoms with Crippen molar-refractivity contribution in [2.75, 3.05) is 5.75 Å². The van der Waals surface area contributed by atoms with Crippen molar-refractivity contribution in [3.8, 4) is 0 Å². The minimum atomic E-state index is -3.72. The third-order valence-corrected chi connectivity index (χ3v) is 7.00. The largest absolute Gasteiger partial charge is 0.351 e. The smallest absolute Gasteiger partial charge is 0.238 e. The molecule has 10 heteroatoms. The number of aromatic nitrogens is 3. The van der Waals surface area contributed by atoms with Crippen molar-refractivity contribution in [3.05, 3.63) is 48.3 Å². The molecule has 162 valence electrons. The van der Waals surface area contributed by atoms with Gasteiger partial charge in [0.05, 0.1) is 10.6 Å². The number of carbonyl (C=O) groups is 1. The van der Waals surface area contributed by atoms with Gasteiger partial charge in [-0.05, 0) is 30.5 Å². The maximum atomic E-state index is 12.3. The van der Waals surface area contributed by atoms with Crippen molar-refractivity contribution >= 4 is 27.7 Å². The van der Waals surface area contributed by atoms with Crippen LogP contribution in [0.4, 0.5) is 0 Å². The molecule has 0 unspecified atom stereocenters. The monoisotopic (exact) mass is 449 g/mol. The highest BCUT2D eigenvalue weighted by Crippen LogP contribution is 2.33. The molecule has 2 aromatic rings. The normalized spacial score (nSPS) is 15.1. The van der Waals surface area contributed by atoms with Crippen molar-refractivity contribution in [2.45, 2.75) is 61.2 Å². The standard InChI is InChI=1S/C20H27N5O3S2/c1-2-12-25-19(16-6-4-3-5-7-16)23-24-20(25)29-14-18(26)22-13-15-8-10-17(11-9-15)30(21,27)28/h2,8-11,16H,1,3-7,12-14H2,(H,22,26)(H2,21,27,28). The van der Waals surface area contributed by atoms with E-state index in [9.17, 15) is 13.2 Å². The zero-order chi connectivity index (χ0) is 21.6. The highest BCUT2D eigenvalue weighted by molar-refractivity contribution is 7.99. The third-order valence-electron chi connectivity index (χ3n) is 5.10. The van der Waals surface area contributed by atoms with Crippen molar-refractivity contribution in [1.82, 2.24) is 20.1 Å². The predicted molar refractivity (Wildman–Crippen MR) is 116 cm³/mol. The number of amides is 1. The Morgan fingerprint density at radius 1 is 1.23 bits per heavy atom. The van der Waals surface area contributed by atoms with Crippen LogP contribution in [0.25, 0.3) is 0 Å². The summed E-state index contributed by atoms with van der Waals surface area (Å²) < 4.78 is 24.6. The van der Waals surface area contributed by atoms with Gasteiger partial charge in [-0.1, -0.05) is 49.2 Å². The molecule has 1 aromatic carbocycles. The first-order chi connectivity index (χ1) is 14.4. The zero-order valence-electron chi connectivity index (χ0n) is 16.8. The fraction of sp³-hybridized carbons (Fsp3) is 0.450. The van der Waals surface area contributed by atoms with Crippen LogP contribution in [0, 0.1) is 0 Å². The van der Waals surface area contributed by atoms with Crippen LogP contribution in [0.15, 0.2) is 47.0 Å². The first kappa shape index (κ1) is 22.5. The Hall–Kier alpha value is -2.17. The van der Waals surface area contributed by atoms with Crippen LogP contribution in [-0.2, 0) is 27.9 Å². The summed E-state index contributed by atoms with van der Waals surface area (Å²) in [5, 5.41) is 17.4. The molecule has 3 rings (SSSR count). The zero-order valence-corrected chi connectivity index (χ0v) is 18.4. The highest BCUT2D eigenvalue weighted by Gasteiger charge is 2.23. The van der Waals surface area contributed by atoms with E-state index < -0.39 is 10.0 Å². The average Bonchev–Trinajstić information content (AvgIpc) is 3.14. The highest BCUT2D eigenvalue weighted by atomic mass is 32.2. The lowest BCUT2D eigenvalue weighted by Gasteiger charge is -2.21. The van der Waals surface area contributed by atoms with Gasteiger partial charge < -0.3 is 9.88 Å². The summed E-state index contributed by atoms with van der Waals surface area (Å²) in [6.45, 7) is 4.76. The molecule has 0 radical (unpaired) electrons. The Kier molecular flexibility index (Phi) is 7.68. The number of primary sulfonamides is 1. The van der Waals surface area contributed by atoms with Crippen LogP contribution in [0.1, 0.15) is 49.4 Å². The Labute approximate surface area is 181 Å². The van der Waals surface area contributed by atoms with Gasteiger partial charge in [-0.3, -0.25) is 4.79 Å². The van der Waals surface area contributed by atoms with Crippen LogP contribution in [0.2, 0.25) is 0 Å². The van der Waals surface area contributed by atoms with Crippen molar-refractivity contribution in [1.29, 1.82) is 0 Å². The summed E-state index contributed by atoms with van der Waals surface area (Å²) in [6.07, 6.45) is 7.79. The summed E-state index contributed by atoms with van der Waals surface area (Å²) >= 11 is 1.35. The van der Waals surface area contributed by atoms with Crippen LogP contribution >= 0.6 is 11.8 Å². The van der Waals surface area contributed by atoms with E-state index in [4.69, 9.17) is 5.14 Å². The molecule has 1 saturated carbocycles. The topological polar surface area (TPSA) is 120 Å². The maximum absolute atomic E-state index is 12.3. The van der Waals surface area contributed by atoms with Gasteiger partial charge in [0.2, 0.25) is 15.9 Å². The second-order valence-electron chi connectivity index (χ2n) is 7.33. The molecule has 0 atom stereocenters. The minimum Gasteiger partial charge on any atom is -0.351 e. The number of carbonyl (C=O) groups excluding carboxylic acids is 1. The Morgan fingerprint density at radius 2 is 1.93 bits per heavy atom. The van der Waals surface area contributed by atoms with Crippen LogP contribution < -0.4 is 10.5 Å². The molecule has 0 aliphatic heterocycles. The number of benzene rings is 1. The van der Waals surface area contributed by atoms with E-state index in [0.717, 1.165) is 29.4 Å². The molecule has 1 aliphatic rings. The molecule has 1 fully saturated rings. The van der Waals surface area contributed by atoms with E-state index in [1.54, 1.807) is 12.1 Å². The lowest BCUT2D eigenvalue weighted by atomic mass is 9.89. The fourth-order valence-corrected chi connectivity index (χ4v) is 4.85. The van der Waals surface area contributed by atoms with Gasteiger partial charge in [-0.15, -0.1) is 16.8 Å². The molecule has 1 aromatic heterocycles. The van der Waals surface area contributed by atoms with Crippen molar-refractivity contribution in [3.63, 3.8) is 0 Å². The second kappa shape index (κ2) is 10.2. The predicted octanol–water partition coefficient (Wildman–Crippen LogP) is 2.57. The van der Waals surface area contributed by atoms with E-state index in [2.05, 4.69) is 26.7 Å². The van der Waals surface area contributed by atoms with Gasteiger partial charge in [0, 0.05) is 19.0 Å². The Bertz CT molecular complexity index is 980. The van der Waals surface area contributed by atoms with E-state index >= 15 is 0 Å². The number of hydrogen-bond acceptors (Lipinski definition) is 6. The number of thioether (sulfide) groups is 1. The van der Waals surface area contributed by atoms with E-state index in [0.29, 0.717) is 19.0 Å². The van der Waals surface area contributed by atoms with Gasteiger partial charge in [-0.2, -0.15) is 0 Å². The molecular weight excluding hydrogens is 422 g/mol. The number of rotatable bonds is 9. The first-order valence-corrected chi connectivity index (χ1v) is 12.5. The third kappa shape index (κ3) is 5.93. The number of sulfonamides is 1. The molecule has 30 heavy (non-hydrogen) atoms. The summed E-state index contributed by atoms with van der Waals surface area (Å²) in [4.78, 5) is 12.3. The Balaban J connectivity index is 1.55. The van der Waals surface area contributed by atoms with Gasteiger partial charge in [-0.25, -0.2) is 13.6 Å². The summed E-state index contributed by atoms with van der Waals surface area (Å²) in [7, 11) is -3.72. The quantitative estimate of drug-likeness (QED) is 0.448. The molecule has 1 aliphatic carbocycles. The average molecular weight is 450 g/mol. The molecule has 1 heterocycles. The molecule has 8 nitrogen and oxygen atoms in total. The summed E-state index contributed by atoms with van der Waals surface area (Å²) in [5.74, 6) is 1.50. The lowest BCUT2D eigenvalue weighted by Crippen LogP contribution is -2.24. The minimum absolute atomic E-state index is 0.0449. The molecular formula is C20H27N5O3S2. The van der Waals surface area contributed by atoms with Crippen LogP contribution in [0.5, 0.6) is 0 Å². The fourth-order valence-electron chi connectivity index (χ4n) is 3.55. The van der Waals surface area contributed by atoms with Gasteiger partial charge in [0.15, 0.2) is 5.16 Å². The molecule has 0 spiro atoms. The summed E-state index contributed by atoms with van der Waals surface area (Å²) in [5.41, 5.74) is 0.787. The van der Waals surface area contributed by atoms with E-state index in [-0.39, 0.29) is 16.6 Å². The van der Waals surface area contributed by atoms with Crippen LogP contribution in [-0.4, -0.2) is 34.8 Å². The lowest BCUT2D eigenvalue weighted by molar-refractivity contribution is -0.118. The Morgan fingerprint density at radius 3 is 2.57 bits per heavy atom. The van der Waals surface area contributed by atoms with Gasteiger partial charge >= 0.3 is 0 Å². The number of nitrogens with zero attached hydrogens (tertiary/aromatic N) is 3. The first-order valence-electron chi connectivity index (χ1n) is 9.93. The molecule has 3 N–H and O–H groups in total. The van der Waals surface area contributed by atoms with Crippen LogP contribution in [0.3, 0.4) is 0 Å². The van der Waals surface area contributed by atoms with E-state index in [1.165, 1.54) is 43.2 Å². The van der Waals surface area contributed by atoms with E-state index in [1.807, 2.05) is 6.08 Å². The summed E-state index contributed by atoms with van der Waals surface area (Å²) in [6, 6.07) is 6.11. The number of hydrogen-bond donors (Lipinski definition) is 2. The SMILES string of the molecule is C=CCn1c(SCC(=O)NCc2ccc(S(N)(=O)=O)cc2)nnc1C1CCCCC1. The molecule has 0 saturated heterocycles. The molecule has 0 bridgehead atoms.